The Hall–Kier alpha value is -1.25. The predicted octanol–water partition coefficient (Wildman–Crippen LogP) is 1.02. The summed E-state index contributed by atoms with van der Waals surface area (Å²) in [6.07, 6.45) is 6.25. The summed E-state index contributed by atoms with van der Waals surface area (Å²) in [6, 6.07) is 0. The maximum absolute atomic E-state index is 4.42. The van der Waals surface area contributed by atoms with E-state index in [0.717, 1.165) is 24.6 Å². The Balaban J connectivity index is 2.32. The number of allylic oxidation sites excluding steroid dienone is 2. The first-order valence-corrected chi connectivity index (χ1v) is 4.64. The second kappa shape index (κ2) is 2.91. The van der Waals surface area contributed by atoms with Gasteiger partial charge in [0.1, 0.15) is 5.82 Å². The zero-order valence-corrected chi connectivity index (χ0v) is 8.09. The molecule has 0 fully saturated rings. The number of hydrogen-bond acceptors (Lipinski definition) is 3. The molecule has 0 saturated heterocycles. The molecular formula is C10H15N3. The first-order valence-electron chi connectivity index (χ1n) is 4.64. The SMILES string of the molecule is CC1(C)C=CC2=C(N=C1)NCCN2. The summed E-state index contributed by atoms with van der Waals surface area (Å²) in [4.78, 5) is 4.42. The lowest BCUT2D eigenvalue weighted by Crippen LogP contribution is -2.33. The summed E-state index contributed by atoms with van der Waals surface area (Å²) in [6.45, 7) is 6.21. The van der Waals surface area contributed by atoms with Crippen molar-refractivity contribution in [2.45, 2.75) is 13.8 Å². The molecule has 2 N–H and O–H groups in total. The molecule has 2 rings (SSSR count). The fourth-order valence-corrected chi connectivity index (χ4v) is 1.38. The molecule has 0 aromatic carbocycles. The minimum absolute atomic E-state index is 0.0562. The second-order valence-electron chi connectivity index (χ2n) is 4.03. The van der Waals surface area contributed by atoms with Crippen molar-refractivity contribution in [1.82, 2.24) is 10.6 Å². The standard InChI is InChI=1S/C10H15N3/c1-10(2)4-3-8-9(13-7-10)12-6-5-11-8/h3-4,7,11-12H,5-6H2,1-2H3. The van der Waals surface area contributed by atoms with E-state index in [2.05, 4.69) is 41.6 Å². The number of rotatable bonds is 0. The van der Waals surface area contributed by atoms with Crippen LogP contribution in [0.1, 0.15) is 13.8 Å². The van der Waals surface area contributed by atoms with Crippen molar-refractivity contribution in [2.75, 3.05) is 13.1 Å². The molecule has 0 saturated carbocycles. The van der Waals surface area contributed by atoms with Crippen LogP contribution in [0.25, 0.3) is 0 Å². The van der Waals surface area contributed by atoms with Crippen LogP contribution in [-0.2, 0) is 0 Å². The molecule has 2 aliphatic rings. The van der Waals surface area contributed by atoms with E-state index in [0.29, 0.717) is 0 Å². The zero-order valence-electron chi connectivity index (χ0n) is 8.09. The molecule has 0 radical (unpaired) electrons. The Morgan fingerprint density at radius 2 is 2.08 bits per heavy atom. The molecule has 0 unspecified atom stereocenters. The lowest BCUT2D eigenvalue weighted by molar-refractivity contribution is 0.657. The largest absolute Gasteiger partial charge is 0.380 e. The van der Waals surface area contributed by atoms with Crippen molar-refractivity contribution in [3.63, 3.8) is 0 Å². The molecule has 70 valence electrons. The molecule has 3 nitrogen and oxygen atoms in total. The van der Waals surface area contributed by atoms with E-state index in [-0.39, 0.29) is 5.41 Å². The summed E-state index contributed by atoms with van der Waals surface area (Å²) in [5.41, 5.74) is 1.16. The smallest absolute Gasteiger partial charge is 0.149 e. The molecule has 0 atom stereocenters. The average Bonchev–Trinajstić information content (AvgIpc) is 2.27. The van der Waals surface area contributed by atoms with Crippen molar-refractivity contribution >= 4 is 6.21 Å². The van der Waals surface area contributed by atoms with Crippen LogP contribution in [0.4, 0.5) is 0 Å². The number of nitrogens with zero attached hydrogens (tertiary/aromatic N) is 1. The van der Waals surface area contributed by atoms with Gasteiger partial charge in [-0.25, -0.2) is 4.99 Å². The third kappa shape index (κ3) is 1.74. The Bertz CT molecular complexity index is 269. The fraction of sp³-hybridized carbons (Fsp3) is 0.500. The van der Waals surface area contributed by atoms with Gasteiger partial charge in [0.2, 0.25) is 0 Å². The molecule has 0 aromatic heterocycles. The highest BCUT2D eigenvalue weighted by Gasteiger charge is 2.16. The summed E-state index contributed by atoms with van der Waals surface area (Å²) < 4.78 is 0. The highest BCUT2D eigenvalue weighted by atomic mass is 15.1. The zero-order chi connectivity index (χ0) is 9.31. The molecule has 13 heavy (non-hydrogen) atoms. The average molecular weight is 177 g/mol. The lowest BCUT2D eigenvalue weighted by atomic mass is 9.95. The number of nitrogens with one attached hydrogen (secondary N) is 2. The van der Waals surface area contributed by atoms with Crippen LogP contribution in [-0.4, -0.2) is 19.3 Å². The molecule has 0 amide bonds. The number of aliphatic imine (C=N–C) groups is 1. The van der Waals surface area contributed by atoms with Crippen molar-refractivity contribution in [1.29, 1.82) is 0 Å². The summed E-state index contributed by atoms with van der Waals surface area (Å²) in [7, 11) is 0. The van der Waals surface area contributed by atoms with Gasteiger partial charge in [-0.05, 0) is 6.08 Å². The molecule has 0 aliphatic carbocycles. The monoisotopic (exact) mass is 177 g/mol. The van der Waals surface area contributed by atoms with Gasteiger partial charge in [-0.1, -0.05) is 19.9 Å². The first-order chi connectivity index (χ1) is 6.17. The van der Waals surface area contributed by atoms with Crippen LogP contribution >= 0.6 is 0 Å². The maximum atomic E-state index is 4.42. The minimum Gasteiger partial charge on any atom is -0.380 e. The van der Waals surface area contributed by atoms with Crippen LogP contribution in [0, 0.1) is 5.41 Å². The summed E-state index contributed by atoms with van der Waals surface area (Å²) in [5.74, 6) is 0.966. The first kappa shape index (κ1) is 8.35. The van der Waals surface area contributed by atoms with Crippen LogP contribution < -0.4 is 10.6 Å². The van der Waals surface area contributed by atoms with Crippen LogP contribution in [0.5, 0.6) is 0 Å². The van der Waals surface area contributed by atoms with Crippen molar-refractivity contribution < 1.29 is 0 Å². The van der Waals surface area contributed by atoms with Gasteiger partial charge in [0.25, 0.3) is 0 Å². The van der Waals surface area contributed by atoms with Gasteiger partial charge < -0.3 is 10.6 Å². The lowest BCUT2D eigenvalue weighted by Gasteiger charge is -2.17. The third-order valence-electron chi connectivity index (χ3n) is 2.19. The van der Waals surface area contributed by atoms with E-state index < -0.39 is 0 Å². The maximum Gasteiger partial charge on any atom is 0.149 e. The summed E-state index contributed by atoms with van der Waals surface area (Å²) >= 11 is 0. The predicted molar refractivity (Wildman–Crippen MR) is 54.4 cm³/mol. The van der Waals surface area contributed by atoms with Gasteiger partial charge in [-0.3, -0.25) is 0 Å². The highest BCUT2D eigenvalue weighted by Crippen LogP contribution is 2.20. The van der Waals surface area contributed by atoms with Crippen LogP contribution in [0.15, 0.2) is 28.7 Å². The molecule has 3 heteroatoms. The van der Waals surface area contributed by atoms with Gasteiger partial charge in [-0.2, -0.15) is 0 Å². The molecule has 0 bridgehead atoms. The quantitative estimate of drug-likeness (QED) is 0.579. The summed E-state index contributed by atoms with van der Waals surface area (Å²) in [5, 5.41) is 6.58. The van der Waals surface area contributed by atoms with E-state index in [1.165, 1.54) is 0 Å². The second-order valence-corrected chi connectivity index (χ2v) is 4.03. The van der Waals surface area contributed by atoms with Gasteiger partial charge in [0, 0.05) is 24.7 Å². The molecule has 0 spiro atoms. The Kier molecular flexibility index (Phi) is 1.87. The van der Waals surface area contributed by atoms with E-state index in [9.17, 15) is 0 Å². The van der Waals surface area contributed by atoms with Gasteiger partial charge in [0.05, 0.1) is 5.70 Å². The van der Waals surface area contributed by atoms with Crippen molar-refractivity contribution in [3.8, 4) is 0 Å². The van der Waals surface area contributed by atoms with Gasteiger partial charge >= 0.3 is 0 Å². The Labute approximate surface area is 78.6 Å². The van der Waals surface area contributed by atoms with E-state index in [1.54, 1.807) is 0 Å². The van der Waals surface area contributed by atoms with Crippen molar-refractivity contribution in [3.05, 3.63) is 23.7 Å². The Morgan fingerprint density at radius 1 is 1.31 bits per heavy atom. The normalized spacial score (nSPS) is 24.5. The number of hydrogen-bond donors (Lipinski definition) is 2. The third-order valence-corrected chi connectivity index (χ3v) is 2.19. The molecule has 0 aromatic rings. The van der Waals surface area contributed by atoms with Crippen LogP contribution in [0.3, 0.4) is 0 Å². The van der Waals surface area contributed by atoms with E-state index >= 15 is 0 Å². The van der Waals surface area contributed by atoms with E-state index in [1.807, 2.05) is 6.21 Å². The fourth-order valence-electron chi connectivity index (χ4n) is 1.38. The molecule has 2 aliphatic heterocycles. The molecular weight excluding hydrogens is 162 g/mol. The molecule has 2 heterocycles. The van der Waals surface area contributed by atoms with E-state index in [4.69, 9.17) is 0 Å². The van der Waals surface area contributed by atoms with Crippen LogP contribution in [0.2, 0.25) is 0 Å². The van der Waals surface area contributed by atoms with Gasteiger partial charge in [0.15, 0.2) is 0 Å². The minimum atomic E-state index is 0.0562. The van der Waals surface area contributed by atoms with Crippen molar-refractivity contribution in [2.24, 2.45) is 10.4 Å². The van der Waals surface area contributed by atoms with Gasteiger partial charge in [-0.15, -0.1) is 0 Å². The Morgan fingerprint density at radius 3 is 2.92 bits per heavy atom. The highest BCUT2D eigenvalue weighted by molar-refractivity contribution is 5.70. The topological polar surface area (TPSA) is 36.4 Å².